The zero-order valence-electron chi connectivity index (χ0n) is 45.7. The average Bonchev–Trinajstić information content (AvgIpc) is 3.36. The van der Waals surface area contributed by atoms with E-state index in [-0.39, 0.29) is 31.1 Å². The maximum Gasteiger partial charge on any atom is 0.305 e. The summed E-state index contributed by atoms with van der Waals surface area (Å²) in [6, 6.07) is 0. The van der Waals surface area contributed by atoms with Crippen LogP contribution >= 0.6 is 0 Å². The molecule has 1 unspecified atom stereocenters. The number of unbranched alkanes of at least 4 members (excludes halogenated alkanes) is 16. The Morgan fingerprint density at radius 1 is 0.400 bits per heavy atom. The van der Waals surface area contributed by atoms with Crippen LogP contribution in [0.2, 0.25) is 0 Å². The highest BCUT2D eigenvalue weighted by atomic mass is 16.7. The fraction of sp³-hybridized carbons (Fsp3) is 0.831. The number of hydrogen-bond donors (Lipinski definition) is 2. The number of ether oxygens (including phenoxy) is 6. The van der Waals surface area contributed by atoms with Crippen LogP contribution in [-0.2, 0) is 38.0 Å². The van der Waals surface area contributed by atoms with Crippen molar-refractivity contribution in [2.24, 2.45) is 0 Å². The fourth-order valence-corrected chi connectivity index (χ4v) is 7.78. The normalized spacial score (nSPS) is 12.7. The lowest BCUT2D eigenvalue weighted by atomic mass is 10.1. The Morgan fingerprint density at radius 3 is 1.06 bits per heavy atom. The third-order valence-corrected chi connectivity index (χ3v) is 12.0. The predicted molar refractivity (Wildman–Crippen MR) is 290 cm³/mol. The van der Waals surface area contributed by atoms with Gasteiger partial charge in [-0.1, -0.05) is 115 Å². The zero-order chi connectivity index (χ0) is 51.1. The van der Waals surface area contributed by atoms with Crippen molar-refractivity contribution in [2.75, 3.05) is 65.9 Å². The Hall–Kier alpha value is -2.38. The van der Waals surface area contributed by atoms with E-state index in [0.29, 0.717) is 71.7 Å². The summed E-state index contributed by atoms with van der Waals surface area (Å²) in [7, 11) is 0. The summed E-state index contributed by atoms with van der Waals surface area (Å²) in [6.07, 6.45) is 46.6. The van der Waals surface area contributed by atoms with Gasteiger partial charge < -0.3 is 43.5 Å². The standard InChI is InChI=1S/C59H109NO10/c1-5-9-13-17-25-35-50-67-58(68-51-36-26-18-14-10-6-2)43-41-56(63)65-48-33-29-21-23-31-45-60(47-39-40-55(62)54-61)46-32-24-22-30-34-49-66-57(64)42-44-59(69-52-37-27-19-15-11-7-3)70-53-38-28-20-16-12-8-4/h9-16,55,58-59,61-62H,5-8,17-54H2,1-4H3/b13-9-,14-10-,15-11-,16-12-. The molecule has 0 aliphatic rings. The molecule has 0 aromatic rings. The number of hydrogen-bond acceptors (Lipinski definition) is 11. The number of carbonyl (C=O) groups is 2. The van der Waals surface area contributed by atoms with Gasteiger partial charge in [-0.25, -0.2) is 0 Å². The molecular weight excluding hydrogens is 883 g/mol. The van der Waals surface area contributed by atoms with E-state index >= 15 is 0 Å². The Kier molecular flexibility index (Phi) is 54.0. The summed E-state index contributed by atoms with van der Waals surface area (Å²) >= 11 is 0. The largest absolute Gasteiger partial charge is 0.466 e. The van der Waals surface area contributed by atoms with Gasteiger partial charge in [0, 0.05) is 39.3 Å². The van der Waals surface area contributed by atoms with Crippen molar-refractivity contribution in [1.29, 1.82) is 0 Å². The van der Waals surface area contributed by atoms with Crippen LogP contribution in [0.5, 0.6) is 0 Å². The summed E-state index contributed by atoms with van der Waals surface area (Å²) in [6.45, 7) is 14.8. The molecule has 0 rings (SSSR count). The second-order valence-corrected chi connectivity index (χ2v) is 18.7. The van der Waals surface area contributed by atoms with Gasteiger partial charge in [-0.05, 0) is 161 Å². The molecule has 70 heavy (non-hydrogen) atoms. The highest BCUT2D eigenvalue weighted by Crippen LogP contribution is 2.14. The highest BCUT2D eigenvalue weighted by molar-refractivity contribution is 5.69. The fourth-order valence-electron chi connectivity index (χ4n) is 7.78. The Morgan fingerprint density at radius 2 is 0.714 bits per heavy atom. The van der Waals surface area contributed by atoms with Crippen molar-refractivity contribution in [3.63, 3.8) is 0 Å². The third-order valence-electron chi connectivity index (χ3n) is 12.0. The number of aliphatic hydroxyl groups excluding tert-OH is 2. The highest BCUT2D eigenvalue weighted by Gasteiger charge is 2.15. The summed E-state index contributed by atoms with van der Waals surface area (Å²) in [5.41, 5.74) is 0. The lowest BCUT2D eigenvalue weighted by molar-refractivity contribution is -0.159. The first-order valence-corrected chi connectivity index (χ1v) is 28.8. The van der Waals surface area contributed by atoms with Crippen LogP contribution in [0, 0.1) is 0 Å². The smallest absolute Gasteiger partial charge is 0.305 e. The van der Waals surface area contributed by atoms with Crippen molar-refractivity contribution in [3.8, 4) is 0 Å². The van der Waals surface area contributed by atoms with Gasteiger partial charge in [-0.15, -0.1) is 0 Å². The van der Waals surface area contributed by atoms with Crippen molar-refractivity contribution < 1.29 is 48.2 Å². The van der Waals surface area contributed by atoms with Crippen LogP contribution in [0.4, 0.5) is 0 Å². The maximum absolute atomic E-state index is 12.6. The van der Waals surface area contributed by atoms with Crippen LogP contribution in [0.1, 0.15) is 233 Å². The minimum Gasteiger partial charge on any atom is -0.466 e. The third kappa shape index (κ3) is 50.6. The Bertz CT molecular complexity index is 1090. The lowest BCUT2D eigenvalue weighted by Crippen LogP contribution is -2.28. The first kappa shape index (κ1) is 67.6. The van der Waals surface area contributed by atoms with Gasteiger partial charge in [0.15, 0.2) is 12.6 Å². The predicted octanol–water partition coefficient (Wildman–Crippen LogP) is 14.2. The van der Waals surface area contributed by atoms with Crippen LogP contribution in [0.15, 0.2) is 48.6 Å². The molecule has 1 atom stereocenters. The molecule has 410 valence electrons. The van der Waals surface area contributed by atoms with Gasteiger partial charge >= 0.3 is 11.9 Å². The SMILES string of the molecule is CC/C=C\CCCCOC(CCC(=O)OCCCCCCCN(CCCCCCCOC(=O)CCC(OCCCC/C=C\CC)OCCCC/C=C\CC)CCCC(O)CO)OCCCC/C=C\CC. The van der Waals surface area contributed by atoms with Gasteiger partial charge in [0.2, 0.25) is 0 Å². The van der Waals surface area contributed by atoms with Gasteiger partial charge in [0.25, 0.3) is 0 Å². The first-order chi connectivity index (χ1) is 34.4. The molecule has 0 radical (unpaired) electrons. The number of allylic oxidation sites excluding steroid dienone is 8. The average molecular weight is 993 g/mol. The number of aliphatic hydroxyl groups is 2. The van der Waals surface area contributed by atoms with Crippen LogP contribution in [0.25, 0.3) is 0 Å². The van der Waals surface area contributed by atoms with E-state index in [4.69, 9.17) is 28.4 Å². The van der Waals surface area contributed by atoms with Gasteiger partial charge in [0.05, 0.1) is 38.8 Å². The molecule has 0 amide bonds. The lowest BCUT2D eigenvalue weighted by Gasteiger charge is -2.23. The summed E-state index contributed by atoms with van der Waals surface area (Å²) < 4.78 is 35.4. The van der Waals surface area contributed by atoms with Crippen molar-refractivity contribution in [1.82, 2.24) is 4.90 Å². The molecular formula is C59H109NO10. The molecule has 11 nitrogen and oxygen atoms in total. The number of nitrogens with zero attached hydrogens (tertiary/aromatic N) is 1. The molecule has 0 bridgehead atoms. The molecule has 2 N–H and O–H groups in total. The van der Waals surface area contributed by atoms with Gasteiger partial charge in [0.1, 0.15) is 0 Å². The number of rotatable bonds is 55. The molecule has 0 aromatic heterocycles. The zero-order valence-corrected chi connectivity index (χ0v) is 45.7. The Labute approximate surface area is 430 Å². The monoisotopic (exact) mass is 992 g/mol. The molecule has 0 aliphatic carbocycles. The van der Waals surface area contributed by atoms with E-state index in [0.717, 1.165) is 193 Å². The molecule has 0 aliphatic heterocycles. The van der Waals surface area contributed by atoms with Crippen molar-refractivity contribution in [2.45, 2.75) is 252 Å². The van der Waals surface area contributed by atoms with Gasteiger partial charge in [-0.3, -0.25) is 9.59 Å². The second-order valence-electron chi connectivity index (χ2n) is 18.7. The van der Waals surface area contributed by atoms with E-state index in [1.54, 1.807) is 0 Å². The summed E-state index contributed by atoms with van der Waals surface area (Å²) in [5.74, 6) is -0.365. The van der Waals surface area contributed by atoms with E-state index < -0.39 is 6.10 Å². The van der Waals surface area contributed by atoms with Crippen LogP contribution in [0.3, 0.4) is 0 Å². The van der Waals surface area contributed by atoms with Crippen molar-refractivity contribution in [3.05, 3.63) is 48.6 Å². The van der Waals surface area contributed by atoms with E-state index in [1.807, 2.05) is 0 Å². The molecule has 0 aromatic carbocycles. The minimum atomic E-state index is -0.655. The topological polar surface area (TPSA) is 133 Å². The van der Waals surface area contributed by atoms with E-state index in [9.17, 15) is 19.8 Å². The minimum absolute atomic E-state index is 0.182. The molecule has 0 fully saturated rings. The maximum atomic E-state index is 12.6. The van der Waals surface area contributed by atoms with Gasteiger partial charge in [-0.2, -0.15) is 0 Å². The van der Waals surface area contributed by atoms with E-state index in [2.05, 4.69) is 81.2 Å². The molecule has 0 heterocycles. The summed E-state index contributed by atoms with van der Waals surface area (Å²) in [4.78, 5) is 27.7. The quantitative estimate of drug-likeness (QED) is 0.0261. The summed E-state index contributed by atoms with van der Waals surface area (Å²) in [5, 5.41) is 19.2. The second kappa shape index (κ2) is 55.9. The Balaban J connectivity index is 4.44. The number of carbonyl (C=O) groups excluding carboxylic acids is 2. The molecule has 0 saturated heterocycles. The van der Waals surface area contributed by atoms with Crippen LogP contribution in [-0.4, -0.2) is 112 Å². The van der Waals surface area contributed by atoms with E-state index in [1.165, 1.54) is 0 Å². The van der Waals surface area contributed by atoms with Crippen LogP contribution < -0.4 is 0 Å². The first-order valence-electron chi connectivity index (χ1n) is 28.8. The molecule has 0 spiro atoms. The molecule has 11 heteroatoms. The number of esters is 2. The molecule has 0 saturated carbocycles. The van der Waals surface area contributed by atoms with Crippen molar-refractivity contribution >= 4 is 11.9 Å².